The third-order valence-corrected chi connectivity index (χ3v) is 7.40. The summed E-state index contributed by atoms with van der Waals surface area (Å²) < 4.78 is 5.30. The molecule has 2 amide bonds. The van der Waals surface area contributed by atoms with Gasteiger partial charge in [0.05, 0.1) is 13.0 Å². The van der Waals surface area contributed by atoms with E-state index in [1.165, 1.54) is 11.1 Å². The summed E-state index contributed by atoms with van der Waals surface area (Å²) in [4.78, 5) is 29.8. The van der Waals surface area contributed by atoms with Crippen molar-refractivity contribution in [2.45, 2.75) is 37.6 Å². The Morgan fingerprint density at radius 1 is 1.12 bits per heavy atom. The van der Waals surface area contributed by atoms with Crippen LogP contribution in [-0.4, -0.2) is 48.4 Å². The Bertz CT molecular complexity index is 1050. The summed E-state index contributed by atoms with van der Waals surface area (Å²) in [6.07, 6.45) is 7.59. The summed E-state index contributed by atoms with van der Waals surface area (Å²) in [6, 6.07) is 16.4. The predicted molar refractivity (Wildman–Crippen MR) is 124 cm³/mol. The summed E-state index contributed by atoms with van der Waals surface area (Å²) in [5.41, 5.74) is 3.82. The number of hydrogen-bond donors (Lipinski definition) is 0. The van der Waals surface area contributed by atoms with Crippen molar-refractivity contribution in [2.75, 3.05) is 26.7 Å². The van der Waals surface area contributed by atoms with Gasteiger partial charge in [0.15, 0.2) is 0 Å². The SMILES string of the molecule is COc1cccc(CN2C[C@H](C(=O)N3CCC4(C=Cc5ccccc54)CC3)CCC2=O)c1. The van der Waals surface area contributed by atoms with E-state index in [4.69, 9.17) is 4.74 Å². The minimum Gasteiger partial charge on any atom is -0.497 e. The van der Waals surface area contributed by atoms with E-state index in [0.29, 0.717) is 25.9 Å². The fourth-order valence-electron chi connectivity index (χ4n) is 5.52. The molecule has 2 fully saturated rings. The van der Waals surface area contributed by atoms with Crippen LogP contribution in [0.3, 0.4) is 0 Å². The molecule has 2 aromatic carbocycles. The maximum Gasteiger partial charge on any atom is 0.227 e. The second kappa shape index (κ2) is 8.45. The standard InChI is InChI=1S/C27H30N2O3/c1-32-23-7-4-5-20(17-23)18-29-19-22(9-10-25(29)30)26(31)28-15-13-27(14-16-28)12-11-21-6-2-3-8-24(21)27/h2-8,11-12,17,22H,9-10,13-16,18-19H2,1H3/t22-/m1/s1. The number of piperidine rings is 2. The molecular formula is C27H30N2O3. The first-order valence-corrected chi connectivity index (χ1v) is 11.6. The Hall–Kier alpha value is -3.08. The third-order valence-electron chi connectivity index (χ3n) is 7.40. The molecule has 5 heteroatoms. The highest BCUT2D eigenvalue weighted by molar-refractivity contribution is 5.84. The van der Waals surface area contributed by atoms with Crippen molar-refractivity contribution >= 4 is 17.9 Å². The van der Waals surface area contributed by atoms with Crippen molar-refractivity contribution in [3.63, 3.8) is 0 Å². The average molecular weight is 431 g/mol. The average Bonchev–Trinajstić information content (AvgIpc) is 3.19. The quantitative estimate of drug-likeness (QED) is 0.736. The van der Waals surface area contributed by atoms with Crippen LogP contribution in [0.4, 0.5) is 0 Å². The topological polar surface area (TPSA) is 49.9 Å². The Balaban J connectivity index is 1.22. The molecular weight excluding hydrogens is 400 g/mol. The summed E-state index contributed by atoms with van der Waals surface area (Å²) in [7, 11) is 1.64. The van der Waals surface area contributed by atoms with Crippen molar-refractivity contribution in [3.05, 3.63) is 71.3 Å². The maximum absolute atomic E-state index is 13.4. The summed E-state index contributed by atoms with van der Waals surface area (Å²) in [5, 5.41) is 0. The third kappa shape index (κ3) is 3.81. The van der Waals surface area contributed by atoms with Crippen LogP contribution in [0.15, 0.2) is 54.6 Å². The number of hydrogen-bond acceptors (Lipinski definition) is 3. The molecule has 0 aromatic heterocycles. The molecule has 3 aliphatic rings. The molecule has 2 aromatic rings. The minimum absolute atomic E-state index is 0.0777. The monoisotopic (exact) mass is 430 g/mol. The molecule has 32 heavy (non-hydrogen) atoms. The van der Waals surface area contributed by atoms with E-state index in [1.54, 1.807) is 7.11 Å². The van der Waals surface area contributed by atoms with Gasteiger partial charge in [0, 0.05) is 38.0 Å². The lowest BCUT2D eigenvalue weighted by atomic mass is 9.74. The maximum atomic E-state index is 13.4. The molecule has 5 nitrogen and oxygen atoms in total. The zero-order valence-corrected chi connectivity index (χ0v) is 18.6. The molecule has 2 heterocycles. The summed E-state index contributed by atoms with van der Waals surface area (Å²) in [5.74, 6) is 1.00. The Labute approximate surface area is 189 Å². The first kappa shape index (κ1) is 20.8. The fraction of sp³-hybridized carbons (Fsp3) is 0.407. The van der Waals surface area contributed by atoms with Crippen LogP contribution in [0, 0.1) is 5.92 Å². The van der Waals surface area contributed by atoms with E-state index in [1.807, 2.05) is 34.1 Å². The minimum atomic E-state index is -0.112. The largest absolute Gasteiger partial charge is 0.497 e. The van der Waals surface area contributed by atoms with E-state index < -0.39 is 0 Å². The van der Waals surface area contributed by atoms with Crippen LogP contribution in [0.1, 0.15) is 42.4 Å². The molecule has 2 saturated heterocycles. The lowest BCUT2D eigenvalue weighted by Crippen LogP contribution is -2.50. The van der Waals surface area contributed by atoms with Gasteiger partial charge >= 0.3 is 0 Å². The smallest absolute Gasteiger partial charge is 0.227 e. The van der Waals surface area contributed by atoms with Crippen LogP contribution in [0.2, 0.25) is 0 Å². The summed E-state index contributed by atoms with van der Waals surface area (Å²) in [6.45, 7) is 2.57. The van der Waals surface area contributed by atoms with Gasteiger partial charge < -0.3 is 14.5 Å². The predicted octanol–water partition coefficient (Wildman–Crippen LogP) is 4.02. The molecule has 2 aliphatic heterocycles. The van der Waals surface area contributed by atoms with Gasteiger partial charge in [-0.15, -0.1) is 0 Å². The number of nitrogens with zero attached hydrogens (tertiary/aromatic N) is 2. The number of allylic oxidation sites excluding steroid dienone is 1. The zero-order valence-electron chi connectivity index (χ0n) is 18.6. The normalized spacial score (nSPS) is 21.7. The van der Waals surface area contributed by atoms with E-state index in [2.05, 4.69) is 36.4 Å². The number of benzene rings is 2. The van der Waals surface area contributed by atoms with Crippen LogP contribution < -0.4 is 4.74 Å². The number of carbonyl (C=O) groups excluding carboxylic acids is 2. The highest BCUT2D eigenvalue weighted by atomic mass is 16.5. The molecule has 5 rings (SSSR count). The molecule has 0 saturated carbocycles. The lowest BCUT2D eigenvalue weighted by Gasteiger charge is -2.41. The molecule has 0 bridgehead atoms. The highest BCUT2D eigenvalue weighted by Crippen LogP contribution is 2.43. The van der Waals surface area contributed by atoms with Crippen molar-refractivity contribution in [3.8, 4) is 5.75 Å². The number of likely N-dealkylation sites (tertiary alicyclic amines) is 2. The second-order valence-corrected chi connectivity index (χ2v) is 9.26. The molecule has 1 aliphatic carbocycles. The first-order valence-electron chi connectivity index (χ1n) is 11.6. The number of ether oxygens (including phenoxy) is 1. The number of amides is 2. The van der Waals surface area contributed by atoms with E-state index in [9.17, 15) is 9.59 Å². The molecule has 0 N–H and O–H groups in total. The zero-order chi connectivity index (χ0) is 22.1. The Morgan fingerprint density at radius 2 is 1.94 bits per heavy atom. The lowest BCUT2D eigenvalue weighted by molar-refractivity contribution is -0.144. The van der Waals surface area contributed by atoms with Crippen molar-refractivity contribution in [1.82, 2.24) is 9.80 Å². The highest BCUT2D eigenvalue weighted by Gasteiger charge is 2.40. The molecule has 0 unspecified atom stereocenters. The van der Waals surface area contributed by atoms with Gasteiger partial charge in [0.2, 0.25) is 11.8 Å². The number of carbonyl (C=O) groups is 2. The first-order chi connectivity index (χ1) is 15.6. The summed E-state index contributed by atoms with van der Waals surface area (Å²) >= 11 is 0. The molecule has 1 atom stereocenters. The van der Waals surface area contributed by atoms with Gasteiger partial charge in [-0.2, -0.15) is 0 Å². The van der Waals surface area contributed by atoms with Gasteiger partial charge in [-0.3, -0.25) is 9.59 Å². The molecule has 0 radical (unpaired) electrons. The van der Waals surface area contributed by atoms with Crippen molar-refractivity contribution < 1.29 is 14.3 Å². The Morgan fingerprint density at radius 3 is 2.75 bits per heavy atom. The fourth-order valence-corrected chi connectivity index (χ4v) is 5.52. The van der Waals surface area contributed by atoms with Crippen molar-refractivity contribution in [2.24, 2.45) is 5.92 Å². The number of rotatable bonds is 4. The van der Waals surface area contributed by atoms with Gasteiger partial charge in [-0.05, 0) is 48.1 Å². The van der Waals surface area contributed by atoms with Crippen LogP contribution in [0.25, 0.3) is 6.08 Å². The van der Waals surface area contributed by atoms with Crippen LogP contribution in [-0.2, 0) is 21.5 Å². The van der Waals surface area contributed by atoms with Crippen molar-refractivity contribution in [1.29, 1.82) is 0 Å². The van der Waals surface area contributed by atoms with Gasteiger partial charge in [-0.25, -0.2) is 0 Å². The van der Waals surface area contributed by atoms with Crippen LogP contribution in [0.5, 0.6) is 5.75 Å². The van der Waals surface area contributed by atoms with Gasteiger partial charge in [0.25, 0.3) is 0 Å². The van der Waals surface area contributed by atoms with Crippen LogP contribution >= 0.6 is 0 Å². The molecule has 166 valence electrons. The Kier molecular flexibility index (Phi) is 5.50. The van der Waals surface area contributed by atoms with E-state index in [-0.39, 0.29) is 23.1 Å². The van der Waals surface area contributed by atoms with E-state index in [0.717, 1.165) is 37.2 Å². The number of fused-ring (bicyclic) bond motifs is 2. The van der Waals surface area contributed by atoms with Gasteiger partial charge in [0.1, 0.15) is 5.75 Å². The number of methoxy groups -OCH3 is 1. The molecule has 1 spiro atoms. The van der Waals surface area contributed by atoms with Gasteiger partial charge in [-0.1, -0.05) is 48.6 Å². The second-order valence-electron chi connectivity index (χ2n) is 9.26. The van der Waals surface area contributed by atoms with E-state index >= 15 is 0 Å².